The Labute approximate surface area is 145 Å². The van der Waals surface area contributed by atoms with Crippen LogP contribution in [0.4, 0.5) is 0 Å². The molecular formula is C17H21N3O3S. The van der Waals surface area contributed by atoms with Crippen molar-refractivity contribution in [3.63, 3.8) is 0 Å². The van der Waals surface area contributed by atoms with E-state index in [1.807, 2.05) is 35.4 Å². The molecule has 1 unspecified atom stereocenters. The van der Waals surface area contributed by atoms with Gasteiger partial charge in [-0.15, -0.1) is 0 Å². The molecule has 1 atom stereocenters. The van der Waals surface area contributed by atoms with Gasteiger partial charge in [0.05, 0.1) is 18.8 Å². The van der Waals surface area contributed by atoms with Gasteiger partial charge in [0, 0.05) is 19.5 Å². The zero-order valence-electron chi connectivity index (χ0n) is 13.9. The molecule has 0 saturated carbocycles. The van der Waals surface area contributed by atoms with Crippen LogP contribution in [0.25, 0.3) is 0 Å². The number of piperidine rings is 1. The molecule has 7 heteroatoms. The normalized spacial score (nSPS) is 18.0. The SMILES string of the molecule is COc1cccc(CN2CC(c3nc(CSC)no3)CCC2=O)c1. The maximum Gasteiger partial charge on any atom is 0.231 e. The molecular weight excluding hydrogens is 326 g/mol. The Morgan fingerprint density at radius 3 is 3.12 bits per heavy atom. The van der Waals surface area contributed by atoms with Gasteiger partial charge in [-0.2, -0.15) is 16.7 Å². The van der Waals surface area contributed by atoms with E-state index in [1.165, 1.54) is 0 Å². The second kappa shape index (κ2) is 7.70. The van der Waals surface area contributed by atoms with Crippen LogP contribution in [0, 0.1) is 0 Å². The number of benzene rings is 1. The van der Waals surface area contributed by atoms with E-state index in [0.717, 1.165) is 23.5 Å². The molecule has 3 rings (SSSR count). The summed E-state index contributed by atoms with van der Waals surface area (Å²) in [6.45, 7) is 1.18. The number of aromatic nitrogens is 2. The van der Waals surface area contributed by atoms with Gasteiger partial charge in [0.1, 0.15) is 5.75 Å². The van der Waals surface area contributed by atoms with Crippen LogP contribution in [0.5, 0.6) is 5.75 Å². The van der Waals surface area contributed by atoms with Crippen LogP contribution in [0.15, 0.2) is 28.8 Å². The van der Waals surface area contributed by atoms with E-state index in [0.29, 0.717) is 31.2 Å². The minimum Gasteiger partial charge on any atom is -0.497 e. The average Bonchev–Trinajstić information content (AvgIpc) is 3.06. The molecule has 24 heavy (non-hydrogen) atoms. The molecule has 0 radical (unpaired) electrons. The number of rotatable bonds is 6. The highest BCUT2D eigenvalue weighted by Crippen LogP contribution is 2.28. The standard InChI is InChI=1S/C17H21N3O3S/c1-22-14-5-3-4-12(8-14)9-20-10-13(6-7-16(20)21)17-18-15(11-24-2)19-23-17/h3-5,8,13H,6-7,9-11H2,1-2H3. The first-order chi connectivity index (χ1) is 11.7. The Morgan fingerprint density at radius 2 is 2.33 bits per heavy atom. The van der Waals surface area contributed by atoms with E-state index >= 15 is 0 Å². The highest BCUT2D eigenvalue weighted by atomic mass is 32.2. The number of hydrogen-bond donors (Lipinski definition) is 0. The summed E-state index contributed by atoms with van der Waals surface area (Å²) in [5.74, 6) is 3.17. The van der Waals surface area contributed by atoms with E-state index in [4.69, 9.17) is 9.26 Å². The molecule has 2 aromatic rings. The fourth-order valence-electron chi connectivity index (χ4n) is 2.88. The second-order valence-electron chi connectivity index (χ2n) is 5.84. The van der Waals surface area contributed by atoms with Gasteiger partial charge in [-0.3, -0.25) is 4.79 Å². The molecule has 1 saturated heterocycles. The average molecular weight is 347 g/mol. The summed E-state index contributed by atoms with van der Waals surface area (Å²) in [5, 5.41) is 4.00. The third-order valence-corrected chi connectivity index (χ3v) is 4.66. The van der Waals surface area contributed by atoms with E-state index in [9.17, 15) is 4.79 Å². The van der Waals surface area contributed by atoms with Crippen molar-refractivity contribution in [1.82, 2.24) is 15.0 Å². The van der Waals surface area contributed by atoms with Crippen molar-refractivity contribution >= 4 is 17.7 Å². The molecule has 1 aliphatic rings. The zero-order valence-corrected chi connectivity index (χ0v) is 14.7. The van der Waals surface area contributed by atoms with Crippen LogP contribution in [-0.2, 0) is 17.1 Å². The van der Waals surface area contributed by atoms with Crippen LogP contribution in [-0.4, -0.2) is 40.9 Å². The maximum absolute atomic E-state index is 12.3. The molecule has 1 aromatic carbocycles. The Balaban J connectivity index is 1.69. The summed E-state index contributed by atoms with van der Waals surface area (Å²) in [6.07, 6.45) is 3.27. The molecule has 6 nitrogen and oxygen atoms in total. The molecule has 128 valence electrons. The Morgan fingerprint density at radius 1 is 1.46 bits per heavy atom. The Bertz CT molecular complexity index is 704. The number of ether oxygens (including phenoxy) is 1. The number of methoxy groups -OCH3 is 1. The first-order valence-corrected chi connectivity index (χ1v) is 9.31. The van der Waals surface area contributed by atoms with Crippen LogP contribution >= 0.6 is 11.8 Å². The third kappa shape index (κ3) is 3.90. The van der Waals surface area contributed by atoms with Gasteiger partial charge < -0.3 is 14.2 Å². The smallest absolute Gasteiger partial charge is 0.231 e. The van der Waals surface area contributed by atoms with Gasteiger partial charge in [0.15, 0.2) is 5.82 Å². The van der Waals surface area contributed by atoms with Gasteiger partial charge in [0.25, 0.3) is 0 Å². The molecule has 2 heterocycles. The van der Waals surface area contributed by atoms with Crippen molar-refractivity contribution in [2.75, 3.05) is 19.9 Å². The molecule has 1 aliphatic heterocycles. The lowest BCUT2D eigenvalue weighted by Crippen LogP contribution is -2.38. The molecule has 1 aromatic heterocycles. The van der Waals surface area contributed by atoms with Gasteiger partial charge in [-0.1, -0.05) is 17.3 Å². The number of thioether (sulfide) groups is 1. The summed E-state index contributed by atoms with van der Waals surface area (Å²) in [4.78, 5) is 18.6. The number of likely N-dealkylation sites (tertiary alicyclic amines) is 1. The lowest BCUT2D eigenvalue weighted by atomic mass is 9.97. The largest absolute Gasteiger partial charge is 0.497 e. The molecule has 0 aliphatic carbocycles. The summed E-state index contributed by atoms with van der Waals surface area (Å²) < 4.78 is 10.6. The number of nitrogens with zero attached hydrogens (tertiary/aromatic N) is 3. The van der Waals surface area contributed by atoms with Crippen molar-refractivity contribution in [2.45, 2.75) is 31.1 Å². The fourth-order valence-corrected chi connectivity index (χ4v) is 3.26. The van der Waals surface area contributed by atoms with Gasteiger partial charge in [0.2, 0.25) is 11.8 Å². The van der Waals surface area contributed by atoms with E-state index in [2.05, 4.69) is 10.1 Å². The number of carbonyl (C=O) groups is 1. The van der Waals surface area contributed by atoms with Crippen molar-refractivity contribution in [3.05, 3.63) is 41.5 Å². The van der Waals surface area contributed by atoms with Crippen LogP contribution < -0.4 is 4.74 Å². The van der Waals surface area contributed by atoms with E-state index in [-0.39, 0.29) is 11.8 Å². The van der Waals surface area contributed by atoms with Gasteiger partial charge in [-0.05, 0) is 30.4 Å². The van der Waals surface area contributed by atoms with Crippen LogP contribution in [0.1, 0.15) is 36.0 Å². The summed E-state index contributed by atoms with van der Waals surface area (Å²) in [7, 11) is 1.64. The Hall–Kier alpha value is -2.02. The maximum atomic E-state index is 12.3. The topological polar surface area (TPSA) is 68.5 Å². The highest BCUT2D eigenvalue weighted by molar-refractivity contribution is 7.97. The summed E-state index contributed by atoms with van der Waals surface area (Å²) in [5.41, 5.74) is 1.05. The minimum atomic E-state index is 0.108. The third-order valence-electron chi connectivity index (χ3n) is 4.11. The number of amides is 1. The minimum absolute atomic E-state index is 0.108. The quantitative estimate of drug-likeness (QED) is 0.800. The van der Waals surface area contributed by atoms with Crippen molar-refractivity contribution in [2.24, 2.45) is 0 Å². The lowest BCUT2D eigenvalue weighted by molar-refractivity contribution is -0.134. The predicted molar refractivity (Wildman–Crippen MR) is 91.9 cm³/mol. The van der Waals surface area contributed by atoms with E-state index in [1.54, 1.807) is 18.9 Å². The predicted octanol–water partition coefficient (Wildman–Crippen LogP) is 2.85. The monoisotopic (exact) mass is 347 g/mol. The van der Waals surface area contributed by atoms with Crippen LogP contribution in [0.2, 0.25) is 0 Å². The molecule has 0 bridgehead atoms. The van der Waals surface area contributed by atoms with Crippen molar-refractivity contribution < 1.29 is 14.1 Å². The number of hydrogen-bond acceptors (Lipinski definition) is 6. The molecule has 1 amide bonds. The number of carbonyl (C=O) groups excluding carboxylic acids is 1. The first-order valence-electron chi connectivity index (χ1n) is 7.91. The summed E-state index contributed by atoms with van der Waals surface area (Å²) >= 11 is 1.66. The van der Waals surface area contributed by atoms with Gasteiger partial charge in [-0.25, -0.2) is 0 Å². The van der Waals surface area contributed by atoms with Crippen molar-refractivity contribution in [1.29, 1.82) is 0 Å². The molecule has 0 spiro atoms. The zero-order chi connectivity index (χ0) is 16.9. The lowest BCUT2D eigenvalue weighted by Gasteiger charge is -2.31. The first kappa shape index (κ1) is 16.8. The Kier molecular flexibility index (Phi) is 5.40. The highest BCUT2D eigenvalue weighted by Gasteiger charge is 2.30. The van der Waals surface area contributed by atoms with Gasteiger partial charge >= 0.3 is 0 Å². The molecule has 1 fully saturated rings. The van der Waals surface area contributed by atoms with Crippen LogP contribution in [0.3, 0.4) is 0 Å². The van der Waals surface area contributed by atoms with E-state index < -0.39 is 0 Å². The fraction of sp³-hybridized carbons (Fsp3) is 0.471. The second-order valence-corrected chi connectivity index (χ2v) is 6.71. The summed E-state index contributed by atoms with van der Waals surface area (Å²) in [6, 6.07) is 7.80. The van der Waals surface area contributed by atoms with Crippen molar-refractivity contribution in [3.8, 4) is 5.75 Å². The molecule has 0 N–H and O–H groups in total.